The topological polar surface area (TPSA) is 52.6 Å². The van der Waals surface area contributed by atoms with Crippen molar-refractivity contribution in [3.8, 4) is 0 Å². The van der Waals surface area contributed by atoms with Crippen LogP contribution in [-0.2, 0) is 36.2 Å². The van der Waals surface area contributed by atoms with Gasteiger partial charge in [-0.25, -0.2) is 0 Å². The number of hydrogen-bond acceptors (Lipinski definition) is 6. The van der Waals surface area contributed by atoms with Gasteiger partial charge < -0.3 is 0 Å². The minimum atomic E-state index is -1.53. The van der Waals surface area contributed by atoms with Gasteiger partial charge >= 0.3 is 134 Å². The quantitative estimate of drug-likeness (QED) is 0.397. The molecule has 0 fully saturated rings. The first-order valence-electron chi connectivity index (χ1n) is 6.44. The number of esters is 2. The first kappa shape index (κ1) is 19.3. The van der Waals surface area contributed by atoms with Crippen molar-refractivity contribution in [2.24, 2.45) is 0 Å². The monoisotopic (exact) mass is 358 g/mol. The summed E-state index contributed by atoms with van der Waals surface area (Å²) in [4.78, 5) is 23.8. The first-order valence-corrected chi connectivity index (χ1v) is 11.1. The molecule has 0 aliphatic heterocycles. The normalized spacial score (nSPS) is 13.9. The van der Waals surface area contributed by atoms with Crippen LogP contribution >= 0.6 is 25.3 Å². The molecule has 2 unspecified atom stereocenters. The van der Waals surface area contributed by atoms with E-state index in [0.29, 0.717) is 11.5 Å². The average Bonchev–Trinajstić information content (AvgIpc) is 2.28. The third kappa shape index (κ3) is 8.21. The number of ether oxygens (including phenoxy) is 2. The third-order valence-electron chi connectivity index (χ3n) is 2.38. The van der Waals surface area contributed by atoms with Gasteiger partial charge in [0.25, 0.3) is 0 Å². The van der Waals surface area contributed by atoms with Gasteiger partial charge in [0.15, 0.2) is 0 Å². The predicted octanol–water partition coefficient (Wildman–Crippen LogP) is 2.41. The van der Waals surface area contributed by atoms with Crippen molar-refractivity contribution in [1.29, 1.82) is 0 Å². The van der Waals surface area contributed by atoms with Crippen LogP contribution in [0.4, 0.5) is 0 Å². The molecule has 0 spiro atoms. The second kappa shape index (κ2) is 10.1. The fourth-order valence-electron chi connectivity index (χ4n) is 1.49. The van der Waals surface area contributed by atoms with Gasteiger partial charge in [-0.05, 0) is 0 Å². The molecule has 0 N–H and O–H groups in total. The van der Waals surface area contributed by atoms with Crippen LogP contribution in [0.2, 0.25) is 9.02 Å². The van der Waals surface area contributed by atoms with Gasteiger partial charge in [-0.3, -0.25) is 0 Å². The Morgan fingerprint density at radius 1 is 0.895 bits per heavy atom. The molecule has 0 aliphatic rings. The molecule has 7 heteroatoms. The molecule has 4 nitrogen and oxygen atoms in total. The van der Waals surface area contributed by atoms with Gasteiger partial charge in [-0.15, -0.1) is 0 Å². The predicted molar refractivity (Wildman–Crippen MR) is 77.7 cm³/mol. The summed E-state index contributed by atoms with van der Waals surface area (Å²) in [6.45, 7) is 7.24. The SMILES string of the molecule is CC(C)OC(=O)[CH](CS)[Zn][CH](CS)C(=O)OC(C)C. The van der Waals surface area contributed by atoms with Crippen molar-refractivity contribution in [3.63, 3.8) is 0 Å². The summed E-state index contributed by atoms with van der Waals surface area (Å²) in [6, 6.07) is 0. The van der Waals surface area contributed by atoms with Crippen LogP contribution in [0.5, 0.6) is 0 Å². The second-order valence-electron chi connectivity index (χ2n) is 4.97. The van der Waals surface area contributed by atoms with Gasteiger partial charge in [-0.1, -0.05) is 0 Å². The van der Waals surface area contributed by atoms with Crippen molar-refractivity contribution in [1.82, 2.24) is 0 Å². The Hall–Kier alpha value is 0.263. The van der Waals surface area contributed by atoms with Crippen molar-refractivity contribution in [3.05, 3.63) is 0 Å². The Kier molecular flexibility index (Phi) is 10.2. The Labute approximate surface area is 133 Å². The number of thiol groups is 2. The molecule has 108 valence electrons. The van der Waals surface area contributed by atoms with E-state index in [9.17, 15) is 9.59 Å². The van der Waals surface area contributed by atoms with Crippen LogP contribution in [0.3, 0.4) is 0 Å². The van der Waals surface area contributed by atoms with Gasteiger partial charge in [0, 0.05) is 0 Å². The van der Waals surface area contributed by atoms with Crippen LogP contribution in [0.15, 0.2) is 0 Å². The molecular weight excluding hydrogens is 338 g/mol. The Morgan fingerprint density at radius 3 is 1.42 bits per heavy atom. The molecule has 0 bridgehead atoms. The molecule has 0 radical (unpaired) electrons. The fraction of sp³-hybridized carbons (Fsp3) is 0.833. The zero-order valence-corrected chi connectivity index (χ0v) is 16.7. The molecule has 0 rings (SSSR count). The summed E-state index contributed by atoms with van der Waals surface area (Å²) in [7, 11) is 0. The Morgan fingerprint density at radius 2 is 1.21 bits per heavy atom. The van der Waals surface area contributed by atoms with Gasteiger partial charge in [0.1, 0.15) is 0 Å². The van der Waals surface area contributed by atoms with E-state index in [0.717, 1.165) is 0 Å². The number of carbonyl (C=O) groups is 2. The average molecular weight is 360 g/mol. The molecule has 0 heterocycles. The van der Waals surface area contributed by atoms with Crippen LogP contribution in [0, 0.1) is 0 Å². The van der Waals surface area contributed by atoms with Crippen molar-refractivity contribution in [2.45, 2.75) is 48.9 Å². The third-order valence-corrected chi connectivity index (χ3v) is 10.3. The van der Waals surface area contributed by atoms with E-state index in [2.05, 4.69) is 25.3 Å². The van der Waals surface area contributed by atoms with E-state index in [4.69, 9.17) is 9.47 Å². The van der Waals surface area contributed by atoms with Crippen LogP contribution < -0.4 is 0 Å². The summed E-state index contributed by atoms with van der Waals surface area (Å²) in [5.41, 5.74) is 0. The molecule has 0 saturated carbocycles. The molecule has 19 heavy (non-hydrogen) atoms. The Balaban J connectivity index is 4.55. The van der Waals surface area contributed by atoms with E-state index in [-0.39, 0.29) is 33.2 Å². The minimum absolute atomic E-state index is 0.144. The summed E-state index contributed by atoms with van der Waals surface area (Å²) >= 11 is 6.86. The zero-order chi connectivity index (χ0) is 15.0. The van der Waals surface area contributed by atoms with Gasteiger partial charge in [0.2, 0.25) is 0 Å². The summed E-state index contributed by atoms with van der Waals surface area (Å²) in [6.07, 6.45) is -0.288. The fourth-order valence-corrected chi connectivity index (χ4v) is 6.62. The molecule has 0 aromatic carbocycles. The molecule has 0 aliphatic carbocycles. The number of hydrogen-bond donors (Lipinski definition) is 2. The molecular formula is C12H22O4S2Zn. The Bertz CT molecular complexity index is 269. The second-order valence-corrected chi connectivity index (χ2v) is 10.8. The van der Waals surface area contributed by atoms with Crippen molar-refractivity contribution >= 4 is 37.2 Å². The molecule has 0 saturated heterocycles. The molecule has 0 aromatic heterocycles. The number of rotatable bonds is 8. The molecule has 0 aromatic rings. The van der Waals surface area contributed by atoms with Crippen LogP contribution in [0.1, 0.15) is 27.7 Å². The standard InChI is InChI=1S/2C6H11O2S.Zn/c2*1-5(2)8-6(7)3-4-9;/h2*3,5,9H,4H2,1-2H3;. The maximum absolute atomic E-state index is 11.9. The van der Waals surface area contributed by atoms with Crippen molar-refractivity contribution in [2.75, 3.05) is 11.5 Å². The van der Waals surface area contributed by atoms with Crippen LogP contribution in [0.25, 0.3) is 0 Å². The van der Waals surface area contributed by atoms with Gasteiger partial charge in [-0.2, -0.15) is 0 Å². The van der Waals surface area contributed by atoms with E-state index in [1.165, 1.54) is 0 Å². The summed E-state index contributed by atoms with van der Waals surface area (Å²) in [5, 5.41) is 0. The van der Waals surface area contributed by atoms with E-state index < -0.39 is 17.1 Å². The molecule has 2 atom stereocenters. The zero-order valence-electron chi connectivity index (χ0n) is 12.0. The first-order chi connectivity index (χ1) is 8.81. The molecule has 0 amide bonds. The number of carbonyl (C=O) groups excluding carboxylic acids is 2. The summed E-state index contributed by atoms with van der Waals surface area (Å²) in [5.74, 6) is 0.360. The van der Waals surface area contributed by atoms with Crippen molar-refractivity contribution < 1.29 is 36.2 Å². The van der Waals surface area contributed by atoms with E-state index in [1.807, 2.05) is 27.7 Å². The maximum atomic E-state index is 11.9. The summed E-state index contributed by atoms with van der Waals surface area (Å²) < 4.78 is 9.93. The van der Waals surface area contributed by atoms with E-state index in [1.54, 1.807) is 0 Å². The van der Waals surface area contributed by atoms with Gasteiger partial charge in [0.05, 0.1) is 0 Å². The van der Waals surface area contributed by atoms with E-state index >= 15 is 0 Å². The van der Waals surface area contributed by atoms with Crippen LogP contribution in [-0.4, -0.2) is 35.7 Å².